The number of amides is 2. The average molecular weight is 405 g/mol. The fourth-order valence-corrected chi connectivity index (χ4v) is 3.35. The molecule has 1 atom stereocenters. The molecule has 2 aromatic rings. The lowest BCUT2D eigenvalue weighted by atomic mass is 10.0. The van der Waals surface area contributed by atoms with Crippen molar-refractivity contribution in [2.45, 2.75) is 18.9 Å². The van der Waals surface area contributed by atoms with Crippen LogP contribution in [0.5, 0.6) is 0 Å². The van der Waals surface area contributed by atoms with Crippen molar-refractivity contribution in [3.05, 3.63) is 71.0 Å². The number of carbonyl (C=O) groups is 2. The van der Waals surface area contributed by atoms with Crippen molar-refractivity contribution in [1.82, 2.24) is 9.80 Å². The van der Waals surface area contributed by atoms with E-state index in [0.29, 0.717) is 37.8 Å². The molecule has 1 aliphatic heterocycles. The van der Waals surface area contributed by atoms with E-state index in [2.05, 4.69) is 0 Å². The van der Waals surface area contributed by atoms with Gasteiger partial charge < -0.3 is 15.5 Å². The molecule has 1 fully saturated rings. The molecule has 3 rings (SSSR count). The third kappa shape index (κ3) is 5.14. The Morgan fingerprint density at radius 1 is 0.897 bits per heavy atom. The molecule has 0 unspecified atom stereocenters. The van der Waals surface area contributed by atoms with Gasteiger partial charge in [-0.2, -0.15) is 0 Å². The predicted octanol–water partition coefficient (Wildman–Crippen LogP) is 2.35. The number of nitrogens with two attached hydrogens (primary N) is 1. The summed E-state index contributed by atoms with van der Waals surface area (Å²) in [6.07, 6.45) is -0.133. The molecule has 0 radical (unpaired) electrons. The van der Waals surface area contributed by atoms with Crippen molar-refractivity contribution < 1.29 is 22.8 Å². The van der Waals surface area contributed by atoms with Crippen LogP contribution in [0.1, 0.15) is 22.3 Å². The van der Waals surface area contributed by atoms with Crippen LogP contribution in [0.4, 0.5) is 13.2 Å². The van der Waals surface area contributed by atoms with Gasteiger partial charge in [0.25, 0.3) is 5.91 Å². The van der Waals surface area contributed by atoms with Crippen LogP contribution in [-0.2, 0) is 11.2 Å². The maximum Gasteiger partial charge on any atom is 0.253 e. The zero-order valence-corrected chi connectivity index (χ0v) is 15.8. The maximum absolute atomic E-state index is 13.7. The summed E-state index contributed by atoms with van der Waals surface area (Å²) in [6.45, 7) is 1.58. The van der Waals surface area contributed by atoms with Crippen LogP contribution in [0.15, 0.2) is 42.5 Å². The molecular formula is C21H22F3N3O2. The van der Waals surface area contributed by atoms with E-state index >= 15 is 0 Å². The zero-order valence-electron chi connectivity index (χ0n) is 15.8. The normalized spacial score (nSPS) is 15.3. The van der Waals surface area contributed by atoms with E-state index in [1.54, 1.807) is 34.1 Å². The number of hydrogen-bond donors (Lipinski definition) is 1. The minimum absolute atomic E-state index is 0.0505. The third-order valence-corrected chi connectivity index (χ3v) is 4.95. The van der Waals surface area contributed by atoms with E-state index in [1.807, 2.05) is 6.07 Å². The molecule has 1 saturated heterocycles. The predicted molar refractivity (Wildman–Crippen MR) is 102 cm³/mol. The lowest BCUT2D eigenvalue weighted by Gasteiger charge is -2.35. The van der Waals surface area contributed by atoms with E-state index < -0.39 is 23.5 Å². The maximum atomic E-state index is 13.7. The molecule has 8 heteroatoms. The fraction of sp³-hybridized carbons (Fsp3) is 0.333. The number of rotatable bonds is 5. The minimum atomic E-state index is -1.26. The second-order valence-electron chi connectivity index (χ2n) is 7.07. The van der Waals surface area contributed by atoms with Gasteiger partial charge >= 0.3 is 0 Å². The lowest BCUT2D eigenvalue weighted by molar-refractivity contribution is -0.133. The third-order valence-electron chi connectivity index (χ3n) is 4.95. The molecular weight excluding hydrogens is 383 g/mol. The molecule has 1 aliphatic rings. The number of piperazine rings is 1. The summed E-state index contributed by atoms with van der Waals surface area (Å²) in [6, 6.07) is 9.43. The number of hydrogen-bond acceptors (Lipinski definition) is 3. The van der Waals surface area contributed by atoms with Crippen molar-refractivity contribution in [3.63, 3.8) is 0 Å². The summed E-state index contributed by atoms with van der Waals surface area (Å²) in [5, 5.41) is 0. The summed E-state index contributed by atoms with van der Waals surface area (Å²) in [4.78, 5) is 28.2. The van der Waals surface area contributed by atoms with Crippen LogP contribution >= 0.6 is 0 Å². The second-order valence-corrected chi connectivity index (χ2v) is 7.07. The van der Waals surface area contributed by atoms with Gasteiger partial charge in [-0.3, -0.25) is 9.59 Å². The lowest BCUT2D eigenvalue weighted by Crippen LogP contribution is -2.51. The topological polar surface area (TPSA) is 66.6 Å². The molecule has 154 valence electrons. The van der Waals surface area contributed by atoms with E-state index in [0.717, 1.165) is 6.07 Å². The molecule has 2 N–H and O–H groups in total. The average Bonchev–Trinajstić information content (AvgIpc) is 2.72. The summed E-state index contributed by atoms with van der Waals surface area (Å²) >= 11 is 0. The Kier molecular flexibility index (Phi) is 6.53. The van der Waals surface area contributed by atoms with Gasteiger partial charge in [-0.1, -0.05) is 18.2 Å². The summed E-state index contributed by atoms with van der Waals surface area (Å²) < 4.78 is 40.1. The van der Waals surface area contributed by atoms with Gasteiger partial charge in [0.1, 0.15) is 5.82 Å². The Bertz CT molecular complexity index is 884. The van der Waals surface area contributed by atoms with Crippen LogP contribution in [0.2, 0.25) is 0 Å². The first-order valence-electron chi connectivity index (χ1n) is 9.36. The molecule has 0 aromatic heterocycles. The molecule has 2 aromatic carbocycles. The minimum Gasteiger partial charge on any atom is -0.339 e. The van der Waals surface area contributed by atoms with Crippen molar-refractivity contribution in [2.24, 2.45) is 5.73 Å². The van der Waals surface area contributed by atoms with E-state index in [1.165, 1.54) is 0 Å². The SMILES string of the molecule is N[C@@H](CC(=O)N1CCN(C(=O)c2ccccc2)CC1)Cc1cc(F)c(F)cc1F. The van der Waals surface area contributed by atoms with E-state index in [4.69, 9.17) is 5.73 Å². The molecule has 0 spiro atoms. The number of nitrogens with zero attached hydrogens (tertiary/aromatic N) is 2. The zero-order chi connectivity index (χ0) is 21.0. The summed E-state index contributed by atoms with van der Waals surface area (Å²) in [7, 11) is 0. The first kappa shape index (κ1) is 20.9. The van der Waals surface area contributed by atoms with Gasteiger partial charge in [-0.05, 0) is 30.2 Å². The van der Waals surface area contributed by atoms with Crippen molar-refractivity contribution in [3.8, 4) is 0 Å². The molecule has 1 heterocycles. The van der Waals surface area contributed by atoms with Crippen LogP contribution in [-0.4, -0.2) is 53.8 Å². The molecule has 0 aliphatic carbocycles. The first-order chi connectivity index (χ1) is 13.8. The highest BCUT2D eigenvalue weighted by molar-refractivity contribution is 5.94. The van der Waals surface area contributed by atoms with Crippen LogP contribution in [0.25, 0.3) is 0 Å². The highest BCUT2D eigenvalue weighted by atomic mass is 19.2. The van der Waals surface area contributed by atoms with Gasteiger partial charge in [0.15, 0.2) is 11.6 Å². The molecule has 0 saturated carbocycles. The number of benzene rings is 2. The quantitative estimate of drug-likeness (QED) is 0.777. The smallest absolute Gasteiger partial charge is 0.253 e. The van der Waals surface area contributed by atoms with Gasteiger partial charge in [-0.15, -0.1) is 0 Å². The highest BCUT2D eigenvalue weighted by Gasteiger charge is 2.26. The molecule has 29 heavy (non-hydrogen) atoms. The summed E-state index contributed by atoms with van der Waals surface area (Å²) in [5.41, 5.74) is 6.46. The fourth-order valence-electron chi connectivity index (χ4n) is 3.35. The van der Waals surface area contributed by atoms with Gasteiger partial charge in [-0.25, -0.2) is 13.2 Å². The van der Waals surface area contributed by atoms with Crippen LogP contribution in [0, 0.1) is 17.5 Å². The second kappa shape index (κ2) is 9.09. The highest BCUT2D eigenvalue weighted by Crippen LogP contribution is 2.16. The van der Waals surface area contributed by atoms with E-state index in [9.17, 15) is 22.8 Å². The van der Waals surface area contributed by atoms with Crippen molar-refractivity contribution in [1.29, 1.82) is 0 Å². The monoisotopic (exact) mass is 405 g/mol. The Hall–Kier alpha value is -2.87. The Morgan fingerprint density at radius 2 is 1.48 bits per heavy atom. The molecule has 5 nitrogen and oxygen atoms in total. The van der Waals surface area contributed by atoms with Crippen molar-refractivity contribution in [2.75, 3.05) is 26.2 Å². The molecule has 2 amide bonds. The number of halogens is 3. The van der Waals surface area contributed by atoms with Crippen LogP contribution < -0.4 is 5.73 Å². The molecule has 0 bridgehead atoms. The standard InChI is InChI=1S/C21H22F3N3O2/c22-17-13-19(24)18(23)11-15(17)10-16(25)12-20(28)26-6-8-27(9-7-26)21(29)14-4-2-1-3-5-14/h1-5,11,13,16H,6-10,12,25H2/t16-/m1/s1. The Labute approximate surface area is 166 Å². The summed E-state index contributed by atoms with van der Waals surface area (Å²) in [5.74, 6) is -3.60. The first-order valence-corrected chi connectivity index (χ1v) is 9.36. The van der Waals surface area contributed by atoms with Crippen molar-refractivity contribution >= 4 is 11.8 Å². The largest absolute Gasteiger partial charge is 0.339 e. The van der Waals surface area contributed by atoms with Gasteiger partial charge in [0.2, 0.25) is 5.91 Å². The van der Waals surface area contributed by atoms with E-state index in [-0.39, 0.29) is 30.2 Å². The van der Waals surface area contributed by atoms with Gasteiger partial charge in [0, 0.05) is 50.3 Å². The Morgan fingerprint density at radius 3 is 2.14 bits per heavy atom. The van der Waals surface area contributed by atoms with Crippen LogP contribution in [0.3, 0.4) is 0 Å². The Balaban J connectivity index is 1.51. The number of carbonyl (C=O) groups excluding carboxylic acids is 2. The van der Waals surface area contributed by atoms with Gasteiger partial charge in [0.05, 0.1) is 0 Å².